The minimum atomic E-state index is -3.63. The molecule has 0 fully saturated rings. The molecule has 0 radical (unpaired) electrons. The Bertz CT molecular complexity index is 882. The zero-order valence-electron chi connectivity index (χ0n) is 14.4. The van der Waals surface area contributed by atoms with Gasteiger partial charge in [0.1, 0.15) is 5.82 Å². The van der Waals surface area contributed by atoms with Gasteiger partial charge in [0.05, 0.1) is 11.9 Å². The molecule has 0 saturated heterocycles. The predicted molar refractivity (Wildman–Crippen MR) is 97.8 cm³/mol. The molecule has 0 spiro atoms. The Kier molecular flexibility index (Phi) is 5.79. The highest BCUT2D eigenvalue weighted by Gasteiger charge is 2.19. The number of carbonyl (C=O) groups is 1. The van der Waals surface area contributed by atoms with Crippen LogP contribution in [0, 0.1) is 19.7 Å². The Hall–Kier alpha value is -2.41. The molecule has 1 amide bonds. The maximum Gasteiger partial charge on any atom is 0.232 e. The molecule has 5 nitrogen and oxygen atoms in total. The zero-order chi connectivity index (χ0) is 18.6. The molecule has 0 bridgehead atoms. The Labute approximate surface area is 147 Å². The van der Waals surface area contributed by atoms with Crippen LogP contribution in [0.3, 0.4) is 0 Å². The molecule has 0 atom stereocenters. The van der Waals surface area contributed by atoms with Crippen LogP contribution < -0.4 is 9.62 Å². The average molecular weight is 364 g/mol. The molecule has 0 heterocycles. The van der Waals surface area contributed by atoms with Gasteiger partial charge in [-0.1, -0.05) is 23.8 Å². The van der Waals surface area contributed by atoms with Gasteiger partial charge in [0.25, 0.3) is 0 Å². The fourth-order valence-corrected chi connectivity index (χ4v) is 3.41. The second-order valence-corrected chi connectivity index (χ2v) is 7.84. The first kappa shape index (κ1) is 18.9. The Balaban J connectivity index is 2.09. The van der Waals surface area contributed by atoms with Gasteiger partial charge in [-0.2, -0.15) is 0 Å². The van der Waals surface area contributed by atoms with Crippen LogP contribution in [-0.4, -0.2) is 27.1 Å². The first-order valence-electron chi connectivity index (χ1n) is 7.77. The van der Waals surface area contributed by atoms with Crippen LogP contribution in [0.1, 0.15) is 17.5 Å². The van der Waals surface area contributed by atoms with Crippen molar-refractivity contribution in [2.75, 3.05) is 22.4 Å². The molecular weight excluding hydrogens is 343 g/mol. The van der Waals surface area contributed by atoms with Crippen molar-refractivity contribution >= 4 is 27.3 Å². The SMILES string of the molecule is Cc1ccc(NC(=O)CCN(c2cccc(F)c2)S(C)(=O)=O)c(C)c1. The van der Waals surface area contributed by atoms with E-state index in [1.54, 1.807) is 0 Å². The quantitative estimate of drug-likeness (QED) is 0.856. The van der Waals surface area contributed by atoms with Crippen molar-refractivity contribution in [3.8, 4) is 0 Å². The summed E-state index contributed by atoms with van der Waals surface area (Å²) in [7, 11) is -3.63. The lowest BCUT2D eigenvalue weighted by molar-refractivity contribution is -0.116. The average Bonchev–Trinajstić information content (AvgIpc) is 2.49. The largest absolute Gasteiger partial charge is 0.326 e. The van der Waals surface area contributed by atoms with E-state index in [9.17, 15) is 17.6 Å². The summed E-state index contributed by atoms with van der Waals surface area (Å²) in [5, 5.41) is 2.77. The summed E-state index contributed by atoms with van der Waals surface area (Å²) in [6.07, 6.45) is 0.983. The summed E-state index contributed by atoms with van der Waals surface area (Å²) >= 11 is 0. The van der Waals surface area contributed by atoms with E-state index in [0.717, 1.165) is 27.8 Å². The molecular formula is C18H21FN2O3S. The molecule has 2 aromatic rings. The van der Waals surface area contributed by atoms with Gasteiger partial charge >= 0.3 is 0 Å². The van der Waals surface area contributed by atoms with Crippen molar-refractivity contribution in [1.29, 1.82) is 0 Å². The van der Waals surface area contributed by atoms with E-state index in [1.165, 1.54) is 18.2 Å². The number of sulfonamides is 1. The molecule has 0 aliphatic rings. The van der Waals surface area contributed by atoms with Crippen LogP contribution in [0.4, 0.5) is 15.8 Å². The van der Waals surface area contributed by atoms with Crippen molar-refractivity contribution in [3.05, 3.63) is 59.4 Å². The smallest absolute Gasteiger partial charge is 0.232 e. The molecule has 25 heavy (non-hydrogen) atoms. The lowest BCUT2D eigenvalue weighted by Crippen LogP contribution is -2.33. The number of hydrogen-bond acceptors (Lipinski definition) is 3. The molecule has 0 saturated carbocycles. The number of nitrogens with one attached hydrogen (secondary N) is 1. The topological polar surface area (TPSA) is 66.5 Å². The van der Waals surface area contributed by atoms with Crippen LogP contribution in [0.2, 0.25) is 0 Å². The second-order valence-electron chi connectivity index (χ2n) is 5.93. The van der Waals surface area contributed by atoms with Gasteiger partial charge in [0, 0.05) is 18.7 Å². The number of anilines is 2. The summed E-state index contributed by atoms with van der Waals surface area (Å²) in [5.74, 6) is -0.845. The number of amides is 1. The molecule has 7 heteroatoms. The molecule has 2 rings (SSSR count). The first-order chi connectivity index (χ1) is 11.7. The number of carbonyl (C=O) groups excluding carboxylic acids is 1. The summed E-state index contributed by atoms with van der Waals surface area (Å²) in [6.45, 7) is 3.78. The van der Waals surface area contributed by atoms with Gasteiger partial charge in [-0.15, -0.1) is 0 Å². The van der Waals surface area contributed by atoms with Crippen molar-refractivity contribution in [3.63, 3.8) is 0 Å². The number of benzene rings is 2. The highest BCUT2D eigenvalue weighted by atomic mass is 32.2. The van der Waals surface area contributed by atoms with Gasteiger partial charge in [0.2, 0.25) is 15.9 Å². The van der Waals surface area contributed by atoms with Crippen LogP contribution in [0.5, 0.6) is 0 Å². The number of halogens is 1. The lowest BCUT2D eigenvalue weighted by Gasteiger charge is -2.22. The van der Waals surface area contributed by atoms with E-state index in [0.29, 0.717) is 5.69 Å². The normalized spacial score (nSPS) is 11.2. The number of hydrogen-bond donors (Lipinski definition) is 1. The van der Waals surface area contributed by atoms with Gasteiger partial charge in [-0.05, 0) is 43.7 Å². The number of nitrogens with zero attached hydrogens (tertiary/aromatic N) is 1. The van der Waals surface area contributed by atoms with Crippen LogP contribution >= 0.6 is 0 Å². The minimum absolute atomic E-state index is 0.0447. The van der Waals surface area contributed by atoms with E-state index in [-0.39, 0.29) is 24.6 Å². The van der Waals surface area contributed by atoms with E-state index in [2.05, 4.69) is 5.32 Å². The van der Waals surface area contributed by atoms with E-state index >= 15 is 0 Å². The van der Waals surface area contributed by atoms with Gasteiger partial charge in [-0.25, -0.2) is 12.8 Å². The molecule has 0 aliphatic carbocycles. The second kappa shape index (κ2) is 7.65. The van der Waals surface area contributed by atoms with Crippen LogP contribution in [0.25, 0.3) is 0 Å². The fraction of sp³-hybridized carbons (Fsp3) is 0.278. The van der Waals surface area contributed by atoms with E-state index < -0.39 is 15.8 Å². The third kappa shape index (κ3) is 5.29. The lowest BCUT2D eigenvalue weighted by atomic mass is 10.1. The molecule has 134 valence electrons. The number of rotatable bonds is 6. The Morgan fingerprint density at radius 1 is 1.16 bits per heavy atom. The highest BCUT2D eigenvalue weighted by Crippen LogP contribution is 2.20. The van der Waals surface area contributed by atoms with Gasteiger partial charge in [-0.3, -0.25) is 9.10 Å². The number of aryl methyl sites for hydroxylation is 2. The first-order valence-corrected chi connectivity index (χ1v) is 9.62. The zero-order valence-corrected chi connectivity index (χ0v) is 15.2. The summed E-state index contributed by atoms with van der Waals surface area (Å²) in [6, 6.07) is 10.9. The summed E-state index contributed by atoms with van der Waals surface area (Å²) in [4.78, 5) is 12.2. The van der Waals surface area contributed by atoms with Gasteiger partial charge in [0.15, 0.2) is 0 Å². The molecule has 1 N–H and O–H groups in total. The Morgan fingerprint density at radius 3 is 2.48 bits per heavy atom. The van der Waals surface area contributed by atoms with Gasteiger partial charge < -0.3 is 5.32 Å². The fourth-order valence-electron chi connectivity index (χ4n) is 2.49. The standard InChI is InChI=1S/C18H21FN2O3S/c1-13-7-8-17(14(2)11-13)20-18(22)9-10-21(25(3,23)24)16-6-4-5-15(19)12-16/h4-8,11-12H,9-10H2,1-3H3,(H,20,22). The van der Waals surface area contributed by atoms with Crippen molar-refractivity contribution in [2.24, 2.45) is 0 Å². The maximum atomic E-state index is 13.4. The maximum absolute atomic E-state index is 13.4. The predicted octanol–water partition coefficient (Wildman–Crippen LogP) is 3.24. The highest BCUT2D eigenvalue weighted by molar-refractivity contribution is 7.92. The summed E-state index contributed by atoms with van der Waals surface area (Å²) < 4.78 is 38.4. The third-order valence-corrected chi connectivity index (χ3v) is 4.89. The monoisotopic (exact) mass is 364 g/mol. The Morgan fingerprint density at radius 2 is 1.88 bits per heavy atom. The molecule has 0 aromatic heterocycles. The van der Waals surface area contributed by atoms with E-state index in [4.69, 9.17) is 0 Å². The van der Waals surface area contributed by atoms with Crippen LogP contribution in [0.15, 0.2) is 42.5 Å². The minimum Gasteiger partial charge on any atom is -0.326 e. The third-order valence-electron chi connectivity index (χ3n) is 3.69. The van der Waals surface area contributed by atoms with Crippen molar-refractivity contribution in [2.45, 2.75) is 20.3 Å². The van der Waals surface area contributed by atoms with Crippen LogP contribution in [-0.2, 0) is 14.8 Å². The van der Waals surface area contributed by atoms with E-state index in [1.807, 2.05) is 32.0 Å². The molecule has 0 aliphatic heterocycles. The summed E-state index contributed by atoms with van der Waals surface area (Å²) in [5.41, 5.74) is 2.90. The molecule has 2 aromatic carbocycles. The van der Waals surface area contributed by atoms with Crippen molar-refractivity contribution < 1.29 is 17.6 Å². The van der Waals surface area contributed by atoms with Crippen molar-refractivity contribution in [1.82, 2.24) is 0 Å². The molecule has 0 unspecified atom stereocenters.